The predicted octanol–water partition coefficient (Wildman–Crippen LogP) is 1.07. The van der Waals surface area contributed by atoms with Crippen molar-refractivity contribution in [2.75, 3.05) is 31.6 Å². The summed E-state index contributed by atoms with van der Waals surface area (Å²) in [5, 5.41) is 0. The highest BCUT2D eigenvalue weighted by Gasteiger charge is 2.26. The zero-order valence-electron chi connectivity index (χ0n) is 10.9. The van der Waals surface area contributed by atoms with E-state index >= 15 is 0 Å². The normalized spacial score (nSPS) is 19.3. The van der Waals surface area contributed by atoms with Crippen molar-refractivity contribution in [2.24, 2.45) is 5.73 Å². The molecule has 4 heteroatoms. The fraction of sp³-hybridized carbons (Fsp3) is 0.500. The van der Waals surface area contributed by atoms with Crippen molar-refractivity contribution in [1.29, 1.82) is 0 Å². The first-order valence-corrected chi connectivity index (χ1v) is 6.46. The van der Waals surface area contributed by atoms with Crippen LogP contribution in [0.5, 0.6) is 0 Å². The van der Waals surface area contributed by atoms with Crippen LogP contribution in [0.1, 0.15) is 12.8 Å². The first kappa shape index (κ1) is 12.9. The van der Waals surface area contributed by atoms with Gasteiger partial charge in [-0.2, -0.15) is 0 Å². The summed E-state index contributed by atoms with van der Waals surface area (Å²) in [6.45, 7) is 2.47. The summed E-state index contributed by atoms with van der Waals surface area (Å²) in [7, 11) is 2.08. The third-order valence-corrected chi connectivity index (χ3v) is 3.36. The number of nitrogens with two attached hydrogens (primary N) is 1. The maximum Gasteiger partial charge on any atom is 0.224 e. The summed E-state index contributed by atoms with van der Waals surface area (Å²) in [6.07, 6.45) is 1.48. The summed E-state index contributed by atoms with van der Waals surface area (Å²) in [4.78, 5) is 15.7. The second kappa shape index (κ2) is 5.87. The maximum atomic E-state index is 11.6. The summed E-state index contributed by atoms with van der Waals surface area (Å²) in [6, 6.07) is 10.3. The van der Waals surface area contributed by atoms with Gasteiger partial charge in [-0.25, -0.2) is 0 Å². The van der Waals surface area contributed by atoms with E-state index in [1.54, 1.807) is 0 Å². The minimum absolute atomic E-state index is 0.0318. The number of likely N-dealkylation sites (tertiary alicyclic amines) is 1. The van der Waals surface area contributed by atoms with Gasteiger partial charge in [0.15, 0.2) is 0 Å². The molecule has 1 aromatic rings. The van der Waals surface area contributed by atoms with Crippen molar-refractivity contribution in [2.45, 2.75) is 18.9 Å². The summed E-state index contributed by atoms with van der Waals surface area (Å²) < 4.78 is 0. The molecular weight excluding hydrogens is 226 g/mol. The molecule has 1 aliphatic heterocycles. The van der Waals surface area contributed by atoms with Crippen molar-refractivity contribution in [1.82, 2.24) is 4.90 Å². The molecule has 0 bridgehead atoms. The van der Waals surface area contributed by atoms with Gasteiger partial charge in [-0.05, 0) is 18.6 Å². The van der Waals surface area contributed by atoms with Crippen molar-refractivity contribution < 1.29 is 4.79 Å². The standard InChI is InChI=1S/C14H21N3O/c1-16(13-6-3-2-4-7-13)8-5-9-17-11-12(15)10-14(17)18/h2-4,6-7,12H,5,8-11,15H2,1H3. The smallest absolute Gasteiger partial charge is 0.224 e. The van der Waals surface area contributed by atoms with Crippen LogP contribution in [-0.2, 0) is 4.79 Å². The molecule has 4 nitrogen and oxygen atoms in total. The number of nitrogens with zero attached hydrogens (tertiary/aromatic N) is 2. The molecule has 1 atom stereocenters. The highest BCUT2D eigenvalue weighted by Crippen LogP contribution is 2.13. The van der Waals surface area contributed by atoms with E-state index in [0.717, 1.165) is 19.5 Å². The monoisotopic (exact) mass is 247 g/mol. The molecule has 18 heavy (non-hydrogen) atoms. The lowest BCUT2D eigenvalue weighted by Gasteiger charge is -2.21. The molecule has 2 N–H and O–H groups in total. The van der Waals surface area contributed by atoms with Gasteiger partial charge < -0.3 is 15.5 Å². The molecule has 1 saturated heterocycles. The van der Waals surface area contributed by atoms with Gasteiger partial charge in [0.05, 0.1) is 0 Å². The Morgan fingerprint density at radius 1 is 1.39 bits per heavy atom. The number of carbonyl (C=O) groups excluding carboxylic acids is 1. The molecule has 0 saturated carbocycles. The second-order valence-corrected chi connectivity index (χ2v) is 4.91. The van der Waals surface area contributed by atoms with E-state index in [1.165, 1.54) is 5.69 Å². The molecule has 0 aliphatic carbocycles. The van der Waals surface area contributed by atoms with E-state index < -0.39 is 0 Å². The highest BCUT2D eigenvalue weighted by atomic mass is 16.2. The third kappa shape index (κ3) is 3.23. The van der Waals surface area contributed by atoms with Gasteiger partial charge in [0, 0.05) is 44.8 Å². The van der Waals surface area contributed by atoms with Gasteiger partial charge in [-0.1, -0.05) is 18.2 Å². The van der Waals surface area contributed by atoms with Crippen molar-refractivity contribution in [3.63, 3.8) is 0 Å². The number of rotatable bonds is 5. The Balaban J connectivity index is 1.74. The molecule has 0 radical (unpaired) electrons. The van der Waals surface area contributed by atoms with E-state index in [2.05, 4.69) is 24.1 Å². The van der Waals surface area contributed by atoms with Crippen LogP contribution in [-0.4, -0.2) is 43.5 Å². The Labute approximate surface area is 108 Å². The van der Waals surface area contributed by atoms with Crippen LogP contribution in [0.3, 0.4) is 0 Å². The number of hydrogen-bond acceptors (Lipinski definition) is 3. The van der Waals surface area contributed by atoms with E-state index in [4.69, 9.17) is 5.73 Å². The lowest BCUT2D eigenvalue weighted by molar-refractivity contribution is -0.127. The molecule has 1 amide bonds. The molecule has 2 rings (SSSR count). The average Bonchev–Trinajstić information content (AvgIpc) is 2.69. The minimum atomic E-state index is 0.0318. The Hall–Kier alpha value is -1.55. The van der Waals surface area contributed by atoms with Gasteiger partial charge in [-0.15, -0.1) is 0 Å². The fourth-order valence-electron chi connectivity index (χ4n) is 2.33. The first-order chi connectivity index (χ1) is 8.66. The van der Waals surface area contributed by atoms with E-state index in [0.29, 0.717) is 13.0 Å². The molecule has 1 unspecified atom stereocenters. The Morgan fingerprint density at radius 2 is 2.11 bits per heavy atom. The molecule has 0 aromatic heterocycles. The average molecular weight is 247 g/mol. The molecular formula is C14H21N3O. The van der Waals surface area contributed by atoms with Crippen molar-refractivity contribution >= 4 is 11.6 Å². The van der Waals surface area contributed by atoms with Crippen molar-refractivity contribution in [3.05, 3.63) is 30.3 Å². The minimum Gasteiger partial charge on any atom is -0.375 e. The van der Waals surface area contributed by atoms with Gasteiger partial charge in [0.1, 0.15) is 0 Å². The largest absolute Gasteiger partial charge is 0.375 e. The van der Waals surface area contributed by atoms with Crippen LogP contribution < -0.4 is 10.6 Å². The van der Waals surface area contributed by atoms with E-state index in [-0.39, 0.29) is 11.9 Å². The number of carbonyl (C=O) groups is 1. The zero-order valence-corrected chi connectivity index (χ0v) is 10.9. The van der Waals surface area contributed by atoms with Gasteiger partial charge in [-0.3, -0.25) is 4.79 Å². The summed E-state index contributed by atoms with van der Waals surface area (Å²) in [5.41, 5.74) is 6.98. The van der Waals surface area contributed by atoms with Gasteiger partial charge >= 0.3 is 0 Å². The number of hydrogen-bond donors (Lipinski definition) is 1. The molecule has 98 valence electrons. The van der Waals surface area contributed by atoms with Crippen LogP contribution in [0, 0.1) is 0 Å². The predicted molar refractivity (Wildman–Crippen MR) is 73.5 cm³/mol. The zero-order chi connectivity index (χ0) is 13.0. The second-order valence-electron chi connectivity index (χ2n) is 4.91. The Morgan fingerprint density at radius 3 is 2.72 bits per heavy atom. The van der Waals surface area contributed by atoms with Crippen LogP contribution in [0.4, 0.5) is 5.69 Å². The number of benzene rings is 1. The topological polar surface area (TPSA) is 49.6 Å². The molecule has 1 aliphatic rings. The Kier molecular flexibility index (Phi) is 4.20. The number of anilines is 1. The van der Waals surface area contributed by atoms with E-state index in [1.807, 2.05) is 23.1 Å². The van der Waals surface area contributed by atoms with Crippen LogP contribution in [0.2, 0.25) is 0 Å². The first-order valence-electron chi connectivity index (χ1n) is 6.46. The number of para-hydroxylation sites is 1. The molecule has 0 spiro atoms. The molecule has 1 heterocycles. The highest BCUT2D eigenvalue weighted by molar-refractivity contribution is 5.79. The van der Waals surface area contributed by atoms with Crippen LogP contribution in [0.15, 0.2) is 30.3 Å². The SMILES string of the molecule is CN(CCCN1CC(N)CC1=O)c1ccccc1. The fourth-order valence-corrected chi connectivity index (χ4v) is 2.33. The van der Waals surface area contributed by atoms with Gasteiger partial charge in [0.2, 0.25) is 5.91 Å². The van der Waals surface area contributed by atoms with E-state index in [9.17, 15) is 4.79 Å². The summed E-state index contributed by atoms with van der Waals surface area (Å²) >= 11 is 0. The quantitative estimate of drug-likeness (QED) is 0.847. The number of amides is 1. The van der Waals surface area contributed by atoms with Crippen LogP contribution in [0.25, 0.3) is 0 Å². The molecule has 1 fully saturated rings. The lowest BCUT2D eigenvalue weighted by atomic mass is 10.3. The third-order valence-electron chi connectivity index (χ3n) is 3.36. The Bertz CT molecular complexity index is 393. The van der Waals surface area contributed by atoms with Gasteiger partial charge in [0.25, 0.3) is 0 Å². The molecule has 1 aromatic carbocycles. The van der Waals surface area contributed by atoms with Crippen LogP contribution >= 0.6 is 0 Å². The summed E-state index contributed by atoms with van der Waals surface area (Å²) in [5.74, 6) is 0.199. The maximum absolute atomic E-state index is 11.6. The van der Waals surface area contributed by atoms with Crippen molar-refractivity contribution in [3.8, 4) is 0 Å². The lowest BCUT2D eigenvalue weighted by Crippen LogP contribution is -2.31.